The lowest BCUT2D eigenvalue weighted by atomic mass is 10.3. The summed E-state index contributed by atoms with van der Waals surface area (Å²) in [6.45, 7) is 0. The summed E-state index contributed by atoms with van der Waals surface area (Å²) >= 11 is 0. The minimum absolute atomic E-state index is 0.169. The van der Waals surface area contributed by atoms with Crippen molar-refractivity contribution in [3.63, 3.8) is 0 Å². The molecule has 0 atom stereocenters. The molecule has 0 aliphatic carbocycles. The van der Waals surface area contributed by atoms with Gasteiger partial charge in [-0.25, -0.2) is 25.9 Å². The van der Waals surface area contributed by atoms with E-state index in [2.05, 4.69) is 9.44 Å². The van der Waals surface area contributed by atoms with Crippen LogP contribution in [-0.4, -0.2) is 23.9 Å². The van der Waals surface area contributed by atoms with Crippen LogP contribution in [0.1, 0.15) is 0 Å². The molecule has 0 heterocycles. The molecule has 0 saturated carbocycles. The molecule has 0 saturated heterocycles. The van der Waals surface area contributed by atoms with E-state index in [-0.39, 0.29) is 15.5 Å². The van der Waals surface area contributed by atoms with Crippen molar-refractivity contribution in [3.8, 4) is 0 Å². The maximum atomic E-state index is 12.8. The van der Waals surface area contributed by atoms with Crippen molar-refractivity contribution >= 4 is 25.7 Å². The van der Waals surface area contributed by atoms with E-state index in [1.54, 1.807) is 0 Å². The number of sulfonamides is 2. The van der Waals surface area contributed by atoms with Crippen molar-refractivity contribution in [1.29, 1.82) is 0 Å². The highest BCUT2D eigenvalue weighted by Gasteiger charge is 2.18. The highest BCUT2D eigenvalue weighted by atomic mass is 32.2. The lowest BCUT2D eigenvalue weighted by molar-refractivity contribution is 0.588. The van der Waals surface area contributed by atoms with Gasteiger partial charge < -0.3 is 0 Å². The van der Waals surface area contributed by atoms with E-state index in [4.69, 9.17) is 0 Å². The number of nitrogens with one attached hydrogen (secondary N) is 2. The molecule has 0 unspecified atom stereocenters. The summed E-state index contributed by atoms with van der Waals surface area (Å²) in [6.07, 6.45) is 0. The molecule has 0 aromatic heterocycles. The molecule has 118 valence electrons. The minimum atomic E-state index is -3.98. The topological polar surface area (TPSA) is 92.3 Å². The van der Waals surface area contributed by atoms with Gasteiger partial charge in [-0.2, -0.15) is 0 Å². The summed E-state index contributed by atoms with van der Waals surface area (Å²) in [5, 5.41) is 0. The highest BCUT2D eigenvalue weighted by molar-refractivity contribution is 7.93. The SMILES string of the molecule is CNS(=O)(=O)c1cccc(S(=O)(=O)Nc2ccc(F)cc2)c1. The van der Waals surface area contributed by atoms with E-state index < -0.39 is 25.9 Å². The Kier molecular flexibility index (Phi) is 4.50. The molecule has 2 aromatic carbocycles. The first-order valence-corrected chi connectivity index (χ1v) is 9.03. The fourth-order valence-electron chi connectivity index (χ4n) is 1.66. The summed E-state index contributed by atoms with van der Waals surface area (Å²) < 4.78 is 65.1. The molecule has 2 rings (SSSR count). The quantitative estimate of drug-likeness (QED) is 0.860. The number of anilines is 1. The van der Waals surface area contributed by atoms with Gasteiger partial charge in [0.05, 0.1) is 9.79 Å². The van der Waals surface area contributed by atoms with E-state index in [1.165, 1.54) is 37.4 Å². The predicted octanol–water partition coefficient (Wildman–Crippen LogP) is 1.53. The zero-order valence-electron chi connectivity index (χ0n) is 11.4. The monoisotopic (exact) mass is 344 g/mol. The van der Waals surface area contributed by atoms with Crippen LogP contribution in [0.4, 0.5) is 10.1 Å². The Morgan fingerprint density at radius 1 is 0.864 bits per heavy atom. The Morgan fingerprint density at radius 3 is 1.95 bits per heavy atom. The van der Waals surface area contributed by atoms with Crippen LogP contribution in [0.2, 0.25) is 0 Å². The molecule has 2 aromatic rings. The molecule has 0 bridgehead atoms. The van der Waals surface area contributed by atoms with Crippen LogP contribution in [0.5, 0.6) is 0 Å². The first kappa shape index (κ1) is 16.4. The highest BCUT2D eigenvalue weighted by Crippen LogP contribution is 2.19. The first-order valence-electron chi connectivity index (χ1n) is 6.06. The zero-order chi connectivity index (χ0) is 16.4. The number of benzene rings is 2. The molecule has 22 heavy (non-hydrogen) atoms. The average molecular weight is 344 g/mol. The van der Waals surface area contributed by atoms with Crippen molar-refractivity contribution in [3.05, 3.63) is 54.3 Å². The van der Waals surface area contributed by atoms with Gasteiger partial charge in [0.2, 0.25) is 10.0 Å². The smallest absolute Gasteiger partial charge is 0.261 e. The van der Waals surface area contributed by atoms with Crippen molar-refractivity contribution in [2.45, 2.75) is 9.79 Å². The molecule has 9 heteroatoms. The fraction of sp³-hybridized carbons (Fsp3) is 0.0769. The molecule has 6 nitrogen and oxygen atoms in total. The summed E-state index contributed by atoms with van der Waals surface area (Å²) in [6, 6.07) is 9.66. The normalized spacial score (nSPS) is 12.1. The Hall–Kier alpha value is -1.97. The molecular weight excluding hydrogens is 331 g/mol. The largest absolute Gasteiger partial charge is 0.280 e. The summed E-state index contributed by atoms with van der Waals surface area (Å²) in [7, 11) is -6.50. The third kappa shape index (κ3) is 3.62. The van der Waals surface area contributed by atoms with Gasteiger partial charge in [0, 0.05) is 5.69 Å². The van der Waals surface area contributed by atoms with E-state index in [0.29, 0.717) is 0 Å². The minimum Gasteiger partial charge on any atom is -0.280 e. The second kappa shape index (κ2) is 6.03. The molecule has 0 aliphatic rings. The molecule has 0 radical (unpaired) electrons. The second-order valence-corrected chi connectivity index (χ2v) is 7.86. The van der Waals surface area contributed by atoms with Gasteiger partial charge in [0.25, 0.3) is 10.0 Å². The van der Waals surface area contributed by atoms with Gasteiger partial charge in [-0.05, 0) is 49.5 Å². The van der Waals surface area contributed by atoms with Gasteiger partial charge in [-0.3, -0.25) is 4.72 Å². The van der Waals surface area contributed by atoms with Crippen LogP contribution in [0, 0.1) is 5.82 Å². The molecule has 0 amide bonds. The Balaban J connectivity index is 2.38. The number of hydrogen-bond donors (Lipinski definition) is 2. The van der Waals surface area contributed by atoms with Gasteiger partial charge in [0.1, 0.15) is 5.82 Å². The summed E-state index contributed by atoms with van der Waals surface area (Å²) in [5.41, 5.74) is 0.170. The Morgan fingerprint density at radius 2 is 1.41 bits per heavy atom. The van der Waals surface area contributed by atoms with Crippen molar-refractivity contribution < 1.29 is 21.2 Å². The first-order chi connectivity index (χ1) is 10.2. The Labute approximate surface area is 128 Å². The zero-order valence-corrected chi connectivity index (χ0v) is 13.1. The number of halogens is 1. The van der Waals surface area contributed by atoms with Crippen LogP contribution in [0.15, 0.2) is 58.3 Å². The average Bonchev–Trinajstić information content (AvgIpc) is 2.49. The molecule has 0 spiro atoms. The van der Waals surface area contributed by atoms with Gasteiger partial charge in [-0.1, -0.05) is 6.07 Å². The standard InChI is InChI=1S/C13H13FN2O4S2/c1-15-21(17,18)12-3-2-4-13(9-12)22(19,20)16-11-7-5-10(14)6-8-11/h2-9,15-16H,1H3. The predicted molar refractivity (Wildman–Crippen MR) is 79.9 cm³/mol. The lowest BCUT2D eigenvalue weighted by Crippen LogP contribution is -2.19. The van der Waals surface area contributed by atoms with Crippen LogP contribution in [0.25, 0.3) is 0 Å². The van der Waals surface area contributed by atoms with Crippen LogP contribution >= 0.6 is 0 Å². The number of hydrogen-bond acceptors (Lipinski definition) is 4. The van der Waals surface area contributed by atoms with E-state index >= 15 is 0 Å². The molecule has 2 N–H and O–H groups in total. The maximum absolute atomic E-state index is 12.8. The van der Waals surface area contributed by atoms with E-state index in [1.807, 2.05) is 0 Å². The molecule has 0 fully saturated rings. The fourth-order valence-corrected chi connectivity index (χ4v) is 3.61. The second-order valence-electron chi connectivity index (χ2n) is 4.29. The van der Waals surface area contributed by atoms with E-state index in [9.17, 15) is 21.2 Å². The van der Waals surface area contributed by atoms with Crippen molar-refractivity contribution in [2.24, 2.45) is 0 Å². The van der Waals surface area contributed by atoms with Gasteiger partial charge >= 0.3 is 0 Å². The molecular formula is C13H13FN2O4S2. The van der Waals surface area contributed by atoms with Crippen LogP contribution in [-0.2, 0) is 20.0 Å². The van der Waals surface area contributed by atoms with Gasteiger partial charge in [0.15, 0.2) is 0 Å². The summed E-state index contributed by atoms with van der Waals surface area (Å²) in [5.74, 6) is -0.495. The Bertz CT molecular complexity index is 879. The molecule has 0 aliphatic heterocycles. The van der Waals surface area contributed by atoms with Crippen molar-refractivity contribution in [2.75, 3.05) is 11.8 Å². The third-order valence-electron chi connectivity index (χ3n) is 2.79. The van der Waals surface area contributed by atoms with E-state index in [0.717, 1.165) is 18.2 Å². The van der Waals surface area contributed by atoms with Gasteiger partial charge in [-0.15, -0.1) is 0 Å². The van der Waals surface area contributed by atoms with Crippen LogP contribution < -0.4 is 9.44 Å². The number of rotatable bonds is 5. The lowest BCUT2D eigenvalue weighted by Gasteiger charge is -2.09. The maximum Gasteiger partial charge on any atom is 0.261 e. The van der Waals surface area contributed by atoms with Crippen molar-refractivity contribution in [1.82, 2.24) is 4.72 Å². The van der Waals surface area contributed by atoms with Crippen LogP contribution in [0.3, 0.4) is 0 Å². The third-order valence-corrected chi connectivity index (χ3v) is 5.58. The summed E-state index contributed by atoms with van der Waals surface area (Å²) in [4.78, 5) is -0.384.